The van der Waals surface area contributed by atoms with E-state index in [0.717, 1.165) is 11.1 Å². The maximum atomic E-state index is 13.0. The van der Waals surface area contributed by atoms with Crippen molar-refractivity contribution in [3.63, 3.8) is 0 Å². The van der Waals surface area contributed by atoms with Gasteiger partial charge in [-0.05, 0) is 24.6 Å². The van der Waals surface area contributed by atoms with Crippen molar-refractivity contribution in [3.05, 3.63) is 51.5 Å². The molecule has 1 aromatic heterocycles. The van der Waals surface area contributed by atoms with Crippen LogP contribution in [-0.2, 0) is 6.42 Å². The van der Waals surface area contributed by atoms with Crippen LogP contribution < -0.4 is 0 Å². The summed E-state index contributed by atoms with van der Waals surface area (Å²) in [4.78, 5) is 4.19. The third kappa shape index (κ3) is 3.08. The minimum absolute atomic E-state index is 0.367. The molecule has 90 valence electrons. The summed E-state index contributed by atoms with van der Waals surface area (Å²) in [7, 11) is 0. The number of benzene rings is 1. The van der Waals surface area contributed by atoms with Crippen molar-refractivity contribution < 1.29 is 13.9 Å². The van der Waals surface area contributed by atoms with Gasteiger partial charge in [0.2, 0.25) is 0 Å². The summed E-state index contributed by atoms with van der Waals surface area (Å²) < 4.78 is 25.9. The summed E-state index contributed by atoms with van der Waals surface area (Å²) in [5, 5.41) is 11.8. The molecule has 17 heavy (non-hydrogen) atoms. The minimum atomic E-state index is -0.621. The zero-order chi connectivity index (χ0) is 12.4. The summed E-state index contributed by atoms with van der Waals surface area (Å²) in [5.74, 6) is -1.18. The van der Waals surface area contributed by atoms with E-state index in [4.69, 9.17) is 0 Å². The van der Waals surface area contributed by atoms with Gasteiger partial charge in [0, 0.05) is 17.9 Å². The van der Waals surface area contributed by atoms with Crippen molar-refractivity contribution in [2.24, 2.45) is 0 Å². The fraction of sp³-hybridized carbons (Fsp3) is 0.250. The van der Waals surface area contributed by atoms with E-state index in [1.54, 1.807) is 12.3 Å². The van der Waals surface area contributed by atoms with E-state index >= 15 is 0 Å². The van der Waals surface area contributed by atoms with Crippen LogP contribution in [0.1, 0.15) is 29.3 Å². The van der Waals surface area contributed by atoms with Gasteiger partial charge in [-0.1, -0.05) is 0 Å². The molecule has 0 saturated carbocycles. The molecule has 1 unspecified atom stereocenters. The number of hydrogen-bond donors (Lipinski definition) is 1. The van der Waals surface area contributed by atoms with E-state index in [9.17, 15) is 13.9 Å². The van der Waals surface area contributed by atoms with Gasteiger partial charge in [-0.15, -0.1) is 11.3 Å². The molecule has 0 bridgehead atoms. The summed E-state index contributed by atoms with van der Waals surface area (Å²) in [6, 6.07) is 3.41. The van der Waals surface area contributed by atoms with Gasteiger partial charge < -0.3 is 5.11 Å². The number of rotatable bonds is 3. The lowest BCUT2D eigenvalue weighted by Crippen LogP contribution is -1.94. The fourth-order valence-electron chi connectivity index (χ4n) is 1.49. The lowest BCUT2D eigenvalue weighted by molar-refractivity contribution is 0.195. The van der Waals surface area contributed by atoms with Crippen molar-refractivity contribution in [1.82, 2.24) is 4.98 Å². The highest BCUT2D eigenvalue weighted by atomic mass is 32.1. The van der Waals surface area contributed by atoms with E-state index in [-0.39, 0.29) is 0 Å². The van der Waals surface area contributed by atoms with E-state index < -0.39 is 17.7 Å². The fourth-order valence-corrected chi connectivity index (χ4v) is 2.40. The van der Waals surface area contributed by atoms with Crippen molar-refractivity contribution in [2.75, 3.05) is 0 Å². The predicted octanol–water partition coefficient (Wildman–Crippen LogP) is 3.07. The van der Waals surface area contributed by atoms with Gasteiger partial charge >= 0.3 is 0 Å². The number of aromatic nitrogens is 1. The molecule has 5 heteroatoms. The highest BCUT2D eigenvalue weighted by Crippen LogP contribution is 2.19. The highest BCUT2D eigenvalue weighted by molar-refractivity contribution is 7.09. The lowest BCUT2D eigenvalue weighted by atomic mass is 10.1. The van der Waals surface area contributed by atoms with Crippen LogP contribution >= 0.6 is 11.3 Å². The van der Waals surface area contributed by atoms with E-state index in [2.05, 4.69) is 4.98 Å². The zero-order valence-corrected chi connectivity index (χ0v) is 9.97. The Balaban J connectivity index is 2.19. The molecule has 1 N–H and O–H groups in total. The second-order valence-electron chi connectivity index (χ2n) is 3.80. The Morgan fingerprint density at radius 3 is 2.47 bits per heavy atom. The maximum absolute atomic E-state index is 13.0. The van der Waals surface area contributed by atoms with E-state index in [0.29, 0.717) is 17.7 Å². The van der Waals surface area contributed by atoms with Gasteiger partial charge in [0.1, 0.15) is 11.6 Å². The first kappa shape index (κ1) is 12.1. The summed E-state index contributed by atoms with van der Waals surface area (Å²) in [5.41, 5.74) is 1.12. The summed E-state index contributed by atoms with van der Waals surface area (Å²) in [6.45, 7) is 1.63. The van der Waals surface area contributed by atoms with Crippen LogP contribution in [0.15, 0.2) is 23.6 Å². The Kier molecular flexibility index (Phi) is 3.49. The Morgan fingerprint density at radius 2 is 1.94 bits per heavy atom. The molecule has 0 aliphatic carbocycles. The second-order valence-corrected chi connectivity index (χ2v) is 4.74. The van der Waals surface area contributed by atoms with Crippen LogP contribution in [0.25, 0.3) is 0 Å². The topological polar surface area (TPSA) is 33.1 Å². The van der Waals surface area contributed by atoms with Crippen molar-refractivity contribution in [3.8, 4) is 0 Å². The molecule has 2 nitrogen and oxygen atoms in total. The second kappa shape index (κ2) is 4.89. The van der Waals surface area contributed by atoms with Crippen LogP contribution in [0.5, 0.6) is 0 Å². The van der Waals surface area contributed by atoms with Crippen LogP contribution in [0.4, 0.5) is 8.78 Å². The Bertz CT molecular complexity index is 505. The SMILES string of the molecule is CC(O)c1csc(Cc2cc(F)cc(F)c2)n1. The molecular weight excluding hydrogens is 244 g/mol. The molecule has 0 saturated heterocycles. The molecular formula is C12H11F2NOS. The number of thiazole rings is 1. The van der Waals surface area contributed by atoms with Gasteiger partial charge in [-0.3, -0.25) is 0 Å². The molecule has 2 rings (SSSR count). The standard InChI is InChI=1S/C12H11F2NOS/c1-7(16)11-6-17-12(15-11)4-8-2-9(13)5-10(14)3-8/h2-3,5-7,16H,4H2,1H3. The molecule has 0 spiro atoms. The normalized spacial score (nSPS) is 12.7. The van der Waals surface area contributed by atoms with Crippen LogP contribution in [0.3, 0.4) is 0 Å². The van der Waals surface area contributed by atoms with Gasteiger partial charge in [0.25, 0.3) is 0 Å². The molecule has 2 aromatic rings. The Labute approximate surface area is 102 Å². The first-order chi connectivity index (χ1) is 8.04. The number of halogens is 2. The predicted molar refractivity (Wildman–Crippen MR) is 61.9 cm³/mol. The van der Waals surface area contributed by atoms with Crippen LogP contribution in [0.2, 0.25) is 0 Å². The van der Waals surface area contributed by atoms with E-state index in [1.165, 1.54) is 23.5 Å². The molecule has 0 radical (unpaired) electrons. The van der Waals surface area contributed by atoms with Gasteiger partial charge in [0.05, 0.1) is 16.8 Å². The molecule has 0 aliphatic rings. The number of aliphatic hydroxyl groups excluding tert-OH is 1. The zero-order valence-electron chi connectivity index (χ0n) is 9.15. The molecule has 1 atom stereocenters. The largest absolute Gasteiger partial charge is 0.387 e. The van der Waals surface area contributed by atoms with E-state index in [1.807, 2.05) is 0 Å². The van der Waals surface area contributed by atoms with Gasteiger partial charge in [0.15, 0.2) is 0 Å². The van der Waals surface area contributed by atoms with Crippen molar-refractivity contribution in [1.29, 1.82) is 0 Å². The maximum Gasteiger partial charge on any atom is 0.126 e. The highest BCUT2D eigenvalue weighted by Gasteiger charge is 2.08. The van der Waals surface area contributed by atoms with Crippen molar-refractivity contribution >= 4 is 11.3 Å². The first-order valence-corrected chi connectivity index (χ1v) is 6.00. The molecule has 1 heterocycles. The number of nitrogens with zero attached hydrogens (tertiary/aromatic N) is 1. The molecule has 0 amide bonds. The molecule has 0 aliphatic heterocycles. The van der Waals surface area contributed by atoms with Crippen LogP contribution in [0, 0.1) is 11.6 Å². The average Bonchev–Trinajstić information content (AvgIpc) is 2.64. The lowest BCUT2D eigenvalue weighted by Gasteiger charge is -2.00. The third-order valence-corrected chi connectivity index (χ3v) is 3.14. The molecule has 0 fully saturated rings. The number of hydrogen-bond acceptors (Lipinski definition) is 3. The average molecular weight is 255 g/mol. The van der Waals surface area contributed by atoms with Crippen molar-refractivity contribution in [2.45, 2.75) is 19.4 Å². The number of aliphatic hydroxyl groups is 1. The van der Waals surface area contributed by atoms with Gasteiger partial charge in [-0.25, -0.2) is 13.8 Å². The summed E-state index contributed by atoms with van der Waals surface area (Å²) >= 11 is 1.37. The smallest absolute Gasteiger partial charge is 0.126 e. The van der Waals surface area contributed by atoms with Crippen LogP contribution in [-0.4, -0.2) is 10.1 Å². The molecule has 1 aromatic carbocycles. The summed E-state index contributed by atoms with van der Waals surface area (Å²) in [6.07, 6.45) is -0.254. The Hall–Kier alpha value is -1.33. The first-order valence-electron chi connectivity index (χ1n) is 5.12. The quantitative estimate of drug-likeness (QED) is 0.914. The third-order valence-electron chi connectivity index (χ3n) is 2.28. The Morgan fingerprint density at radius 1 is 1.29 bits per heavy atom. The minimum Gasteiger partial charge on any atom is -0.387 e. The monoisotopic (exact) mass is 255 g/mol. The van der Waals surface area contributed by atoms with Gasteiger partial charge in [-0.2, -0.15) is 0 Å².